The maximum atomic E-state index is 13.3. The molecule has 0 heterocycles. The molecule has 0 radical (unpaired) electrons. The van der Waals surface area contributed by atoms with Gasteiger partial charge < -0.3 is 10.4 Å². The van der Waals surface area contributed by atoms with Crippen LogP contribution in [-0.4, -0.2) is 11.1 Å². The number of carboxylic acid groups (broad SMARTS) is 1. The molecule has 19 heavy (non-hydrogen) atoms. The molecule has 98 valence electrons. The first kappa shape index (κ1) is 13.5. The predicted molar refractivity (Wildman–Crippen MR) is 74.8 cm³/mol. The van der Waals surface area contributed by atoms with E-state index in [-0.39, 0.29) is 11.4 Å². The van der Waals surface area contributed by atoms with Gasteiger partial charge in [-0.3, -0.25) is 0 Å². The SMILES string of the molecule is O=C(O)c1cccc(CNc2ccc(Br)c(F)c2)c1. The van der Waals surface area contributed by atoms with Gasteiger partial charge in [-0.25, -0.2) is 9.18 Å². The van der Waals surface area contributed by atoms with Crippen molar-refractivity contribution in [3.63, 3.8) is 0 Å². The number of carbonyl (C=O) groups is 1. The summed E-state index contributed by atoms with van der Waals surface area (Å²) in [6, 6.07) is 11.4. The molecule has 0 bridgehead atoms. The van der Waals surface area contributed by atoms with Crippen molar-refractivity contribution in [1.82, 2.24) is 0 Å². The molecule has 2 aromatic rings. The lowest BCUT2D eigenvalue weighted by Gasteiger charge is -2.08. The van der Waals surface area contributed by atoms with Gasteiger partial charge in [0.05, 0.1) is 10.0 Å². The van der Waals surface area contributed by atoms with Gasteiger partial charge in [-0.15, -0.1) is 0 Å². The molecular weight excluding hydrogens is 313 g/mol. The van der Waals surface area contributed by atoms with E-state index in [0.29, 0.717) is 16.7 Å². The minimum Gasteiger partial charge on any atom is -0.478 e. The zero-order valence-electron chi connectivity index (χ0n) is 9.86. The van der Waals surface area contributed by atoms with Gasteiger partial charge >= 0.3 is 5.97 Å². The molecule has 0 aliphatic rings. The smallest absolute Gasteiger partial charge is 0.335 e. The van der Waals surface area contributed by atoms with Crippen LogP contribution in [0.25, 0.3) is 0 Å². The fourth-order valence-electron chi connectivity index (χ4n) is 1.62. The highest BCUT2D eigenvalue weighted by atomic mass is 79.9. The van der Waals surface area contributed by atoms with E-state index in [9.17, 15) is 9.18 Å². The van der Waals surface area contributed by atoms with E-state index in [1.165, 1.54) is 12.1 Å². The monoisotopic (exact) mass is 323 g/mol. The molecule has 0 amide bonds. The lowest BCUT2D eigenvalue weighted by atomic mass is 10.1. The van der Waals surface area contributed by atoms with Crippen LogP contribution in [0.4, 0.5) is 10.1 Å². The van der Waals surface area contributed by atoms with E-state index in [0.717, 1.165) is 5.56 Å². The van der Waals surface area contributed by atoms with Gasteiger partial charge in [0, 0.05) is 12.2 Å². The van der Waals surface area contributed by atoms with E-state index >= 15 is 0 Å². The Kier molecular flexibility index (Phi) is 4.16. The zero-order valence-corrected chi connectivity index (χ0v) is 11.4. The second kappa shape index (κ2) is 5.84. The van der Waals surface area contributed by atoms with Gasteiger partial charge in [0.25, 0.3) is 0 Å². The third kappa shape index (κ3) is 3.54. The van der Waals surface area contributed by atoms with Crippen LogP contribution in [0, 0.1) is 5.82 Å². The Hall–Kier alpha value is -1.88. The predicted octanol–water partition coefficient (Wildman–Crippen LogP) is 3.90. The lowest BCUT2D eigenvalue weighted by Crippen LogP contribution is -2.02. The summed E-state index contributed by atoms with van der Waals surface area (Å²) in [7, 11) is 0. The van der Waals surface area contributed by atoms with Crippen LogP contribution < -0.4 is 5.32 Å². The highest BCUT2D eigenvalue weighted by molar-refractivity contribution is 9.10. The van der Waals surface area contributed by atoms with Crippen LogP contribution in [-0.2, 0) is 6.54 Å². The van der Waals surface area contributed by atoms with E-state index in [1.54, 1.807) is 24.3 Å². The standard InChI is InChI=1S/C14H11BrFNO2/c15-12-5-4-11(7-13(12)16)17-8-9-2-1-3-10(6-9)14(18)19/h1-7,17H,8H2,(H,18,19). The third-order valence-electron chi connectivity index (χ3n) is 2.59. The van der Waals surface area contributed by atoms with Crippen molar-refractivity contribution in [2.75, 3.05) is 5.32 Å². The summed E-state index contributed by atoms with van der Waals surface area (Å²) in [4.78, 5) is 10.8. The maximum absolute atomic E-state index is 13.3. The van der Waals surface area contributed by atoms with E-state index in [1.807, 2.05) is 6.07 Å². The van der Waals surface area contributed by atoms with Gasteiger partial charge in [0.1, 0.15) is 5.82 Å². The van der Waals surface area contributed by atoms with Crippen LogP contribution >= 0.6 is 15.9 Å². The summed E-state index contributed by atoms with van der Waals surface area (Å²) in [6.45, 7) is 0.433. The van der Waals surface area contributed by atoms with Gasteiger partial charge in [-0.2, -0.15) is 0 Å². The topological polar surface area (TPSA) is 49.3 Å². The van der Waals surface area contributed by atoms with Crippen molar-refractivity contribution in [3.8, 4) is 0 Å². The first-order chi connectivity index (χ1) is 9.06. The second-order valence-electron chi connectivity index (χ2n) is 3.99. The number of anilines is 1. The first-order valence-electron chi connectivity index (χ1n) is 5.57. The summed E-state index contributed by atoms with van der Waals surface area (Å²) in [5.74, 6) is -1.30. The van der Waals surface area contributed by atoms with Crippen LogP contribution in [0.3, 0.4) is 0 Å². The Morgan fingerprint density at radius 3 is 2.74 bits per heavy atom. The quantitative estimate of drug-likeness (QED) is 0.897. The number of carboxylic acids is 1. The molecule has 0 fully saturated rings. The molecule has 5 heteroatoms. The minimum absolute atomic E-state index is 0.237. The summed E-state index contributed by atoms with van der Waals surface area (Å²) in [6.07, 6.45) is 0. The second-order valence-corrected chi connectivity index (χ2v) is 4.84. The van der Waals surface area contributed by atoms with Crippen LogP contribution in [0.5, 0.6) is 0 Å². The summed E-state index contributed by atoms with van der Waals surface area (Å²) in [5, 5.41) is 11.9. The number of aromatic carboxylic acids is 1. The highest BCUT2D eigenvalue weighted by Crippen LogP contribution is 2.19. The zero-order chi connectivity index (χ0) is 13.8. The largest absolute Gasteiger partial charge is 0.478 e. The van der Waals surface area contributed by atoms with Crippen molar-refractivity contribution >= 4 is 27.6 Å². The maximum Gasteiger partial charge on any atom is 0.335 e. The number of rotatable bonds is 4. The van der Waals surface area contributed by atoms with Crippen molar-refractivity contribution in [1.29, 1.82) is 0 Å². The molecule has 0 atom stereocenters. The Morgan fingerprint density at radius 2 is 2.05 bits per heavy atom. The van der Waals surface area contributed by atoms with Gasteiger partial charge in [0.15, 0.2) is 0 Å². The molecule has 0 spiro atoms. The summed E-state index contributed by atoms with van der Waals surface area (Å²) >= 11 is 3.08. The van der Waals surface area contributed by atoms with E-state index < -0.39 is 5.97 Å². The molecule has 0 saturated heterocycles. The minimum atomic E-state index is -0.962. The molecule has 2 aromatic carbocycles. The third-order valence-corrected chi connectivity index (χ3v) is 3.23. The van der Waals surface area contributed by atoms with Crippen LogP contribution in [0.15, 0.2) is 46.9 Å². The molecule has 0 aromatic heterocycles. The molecule has 2 N–H and O–H groups in total. The molecule has 3 nitrogen and oxygen atoms in total. The molecule has 0 unspecified atom stereocenters. The van der Waals surface area contributed by atoms with Crippen LogP contribution in [0.2, 0.25) is 0 Å². The highest BCUT2D eigenvalue weighted by Gasteiger charge is 2.04. The number of halogens is 2. The van der Waals surface area contributed by atoms with E-state index in [2.05, 4.69) is 21.2 Å². The van der Waals surface area contributed by atoms with Crippen molar-refractivity contribution < 1.29 is 14.3 Å². The van der Waals surface area contributed by atoms with Gasteiger partial charge in [-0.1, -0.05) is 12.1 Å². The molecule has 2 rings (SSSR count). The number of hydrogen-bond donors (Lipinski definition) is 2. The lowest BCUT2D eigenvalue weighted by molar-refractivity contribution is 0.0697. The molecule has 0 aliphatic heterocycles. The molecule has 0 saturated carbocycles. The fourth-order valence-corrected chi connectivity index (χ4v) is 1.87. The van der Waals surface area contributed by atoms with Gasteiger partial charge in [-0.05, 0) is 51.8 Å². The number of benzene rings is 2. The number of nitrogens with one attached hydrogen (secondary N) is 1. The number of hydrogen-bond acceptors (Lipinski definition) is 2. The Balaban J connectivity index is 2.07. The van der Waals surface area contributed by atoms with Crippen molar-refractivity contribution in [2.24, 2.45) is 0 Å². The normalized spacial score (nSPS) is 10.2. The Bertz CT molecular complexity index is 616. The summed E-state index contributed by atoms with van der Waals surface area (Å²) in [5.41, 5.74) is 1.70. The molecule has 0 aliphatic carbocycles. The first-order valence-corrected chi connectivity index (χ1v) is 6.37. The Morgan fingerprint density at radius 1 is 1.26 bits per heavy atom. The summed E-state index contributed by atoms with van der Waals surface area (Å²) < 4.78 is 13.7. The average Bonchev–Trinajstić information content (AvgIpc) is 2.40. The fraction of sp³-hybridized carbons (Fsp3) is 0.0714. The molecular formula is C14H11BrFNO2. The van der Waals surface area contributed by atoms with Crippen molar-refractivity contribution in [3.05, 3.63) is 63.9 Å². The Labute approximate surface area is 118 Å². The van der Waals surface area contributed by atoms with Crippen molar-refractivity contribution in [2.45, 2.75) is 6.54 Å². The van der Waals surface area contributed by atoms with E-state index in [4.69, 9.17) is 5.11 Å². The van der Waals surface area contributed by atoms with Gasteiger partial charge in [0.2, 0.25) is 0 Å². The average molecular weight is 324 g/mol. The van der Waals surface area contributed by atoms with Crippen LogP contribution in [0.1, 0.15) is 15.9 Å².